The number of esters is 1. The van der Waals surface area contributed by atoms with Gasteiger partial charge >= 0.3 is 5.97 Å². The normalized spacial score (nSPS) is 19.6. The molecule has 3 heterocycles. The first-order valence-corrected chi connectivity index (χ1v) is 12.9. The number of aromatic nitrogens is 1. The number of ether oxygens (including phenoxy) is 2. The molecule has 1 fully saturated rings. The number of carbonyl (C=O) groups is 2. The fraction of sp³-hybridized carbons (Fsp3) is 0.448. The molecule has 7 heteroatoms. The number of fused-ring (bicyclic) bond motifs is 4. The molecule has 0 saturated carbocycles. The van der Waals surface area contributed by atoms with Crippen molar-refractivity contribution in [3.8, 4) is 5.75 Å². The lowest BCUT2D eigenvalue weighted by molar-refractivity contribution is -0.146. The summed E-state index contributed by atoms with van der Waals surface area (Å²) in [6.07, 6.45) is 3.96. The van der Waals surface area contributed by atoms with Crippen molar-refractivity contribution in [3.05, 3.63) is 65.4 Å². The second-order valence-corrected chi connectivity index (χ2v) is 9.87. The van der Waals surface area contributed by atoms with Crippen LogP contribution >= 0.6 is 0 Å². The Labute approximate surface area is 212 Å². The van der Waals surface area contributed by atoms with Gasteiger partial charge in [-0.2, -0.15) is 0 Å². The highest BCUT2D eigenvalue weighted by Crippen LogP contribution is 2.45. The van der Waals surface area contributed by atoms with Gasteiger partial charge in [-0.15, -0.1) is 0 Å². The van der Waals surface area contributed by atoms with E-state index in [0.29, 0.717) is 6.54 Å². The molecule has 36 heavy (non-hydrogen) atoms. The predicted octanol–water partition coefficient (Wildman–Crippen LogP) is 4.05. The average molecular weight is 490 g/mol. The second kappa shape index (κ2) is 10.3. The molecule has 2 aliphatic heterocycles. The van der Waals surface area contributed by atoms with Crippen LogP contribution in [0.5, 0.6) is 5.75 Å². The summed E-state index contributed by atoms with van der Waals surface area (Å²) >= 11 is 0. The SMILES string of the molecule is COC(=O)CCC(=O)N1CCc2c([nH]c3ccccc23)C12CCN(CCCc1ccccc1OC)C2. The van der Waals surface area contributed by atoms with Crippen LogP contribution in [0.1, 0.15) is 42.5 Å². The van der Waals surface area contributed by atoms with E-state index >= 15 is 0 Å². The Morgan fingerprint density at radius 2 is 1.83 bits per heavy atom. The number of para-hydroxylation sites is 2. The Bertz CT molecular complexity index is 1250. The lowest BCUT2D eigenvalue weighted by Crippen LogP contribution is -2.55. The highest BCUT2D eigenvalue weighted by molar-refractivity contribution is 5.87. The second-order valence-electron chi connectivity index (χ2n) is 9.87. The molecule has 5 rings (SSSR count). The molecule has 1 unspecified atom stereocenters. The first-order chi connectivity index (χ1) is 17.6. The number of amides is 1. The zero-order valence-electron chi connectivity index (χ0n) is 21.2. The molecule has 1 N–H and O–H groups in total. The molecule has 2 aromatic carbocycles. The number of H-pyrrole nitrogens is 1. The van der Waals surface area contributed by atoms with E-state index in [0.717, 1.165) is 56.6 Å². The first-order valence-electron chi connectivity index (χ1n) is 12.9. The van der Waals surface area contributed by atoms with E-state index in [2.05, 4.69) is 46.3 Å². The minimum atomic E-state index is -0.399. The van der Waals surface area contributed by atoms with E-state index in [1.807, 2.05) is 17.0 Å². The molecule has 1 aromatic heterocycles. The third-order valence-electron chi connectivity index (χ3n) is 7.89. The van der Waals surface area contributed by atoms with Gasteiger partial charge in [-0.25, -0.2) is 0 Å². The van der Waals surface area contributed by atoms with Crippen LogP contribution in [0, 0.1) is 0 Å². The zero-order chi connectivity index (χ0) is 25.1. The van der Waals surface area contributed by atoms with Crippen LogP contribution in [0.3, 0.4) is 0 Å². The maximum Gasteiger partial charge on any atom is 0.306 e. The van der Waals surface area contributed by atoms with E-state index in [-0.39, 0.29) is 24.7 Å². The zero-order valence-corrected chi connectivity index (χ0v) is 21.2. The number of carbonyl (C=O) groups excluding carboxylic acids is 2. The number of nitrogens with one attached hydrogen (secondary N) is 1. The van der Waals surface area contributed by atoms with Gasteiger partial charge in [0.25, 0.3) is 0 Å². The highest BCUT2D eigenvalue weighted by atomic mass is 16.5. The molecule has 1 spiro atoms. The highest BCUT2D eigenvalue weighted by Gasteiger charge is 2.50. The van der Waals surface area contributed by atoms with Crippen molar-refractivity contribution in [2.75, 3.05) is 40.4 Å². The fourth-order valence-corrected chi connectivity index (χ4v) is 6.13. The van der Waals surface area contributed by atoms with Crippen LogP contribution < -0.4 is 4.74 Å². The molecule has 1 amide bonds. The number of hydrogen-bond donors (Lipinski definition) is 1. The number of hydrogen-bond acceptors (Lipinski definition) is 5. The summed E-state index contributed by atoms with van der Waals surface area (Å²) in [5.74, 6) is 0.624. The van der Waals surface area contributed by atoms with E-state index in [9.17, 15) is 9.59 Å². The van der Waals surface area contributed by atoms with Gasteiger partial charge < -0.3 is 24.3 Å². The van der Waals surface area contributed by atoms with Crippen LogP contribution in [-0.4, -0.2) is 67.1 Å². The third-order valence-corrected chi connectivity index (χ3v) is 7.89. The van der Waals surface area contributed by atoms with Gasteiger partial charge in [0, 0.05) is 42.7 Å². The number of benzene rings is 2. The summed E-state index contributed by atoms with van der Waals surface area (Å²) in [4.78, 5) is 33.4. The number of methoxy groups -OCH3 is 2. The van der Waals surface area contributed by atoms with Gasteiger partial charge in [0.15, 0.2) is 0 Å². The summed E-state index contributed by atoms with van der Waals surface area (Å²) in [6.45, 7) is 3.35. The quantitative estimate of drug-likeness (QED) is 0.483. The smallest absolute Gasteiger partial charge is 0.306 e. The molecule has 0 aliphatic carbocycles. The van der Waals surface area contributed by atoms with Gasteiger partial charge in [0.2, 0.25) is 5.91 Å². The molecule has 0 radical (unpaired) electrons. The van der Waals surface area contributed by atoms with Crippen LogP contribution in [0.4, 0.5) is 0 Å². The maximum atomic E-state index is 13.5. The number of likely N-dealkylation sites (tertiary alicyclic amines) is 1. The molecule has 2 aliphatic rings. The van der Waals surface area contributed by atoms with Crippen molar-refractivity contribution in [3.63, 3.8) is 0 Å². The minimum absolute atomic E-state index is 0.0283. The molecule has 1 saturated heterocycles. The van der Waals surface area contributed by atoms with Gasteiger partial charge in [-0.1, -0.05) is 36.4 Å². The first kappa shape index (κ1) is 24.4. The van der Waals surface area contributed by atoms with Crippen LogP contribution in [0.25, 0.3) is 10.9 Å². The maximum absolute atomic E-state index is 13.5. The van der Waals surface area contributed by atoms with Crippen LogP contribution in [0.15, 0.2) is 48.5 Å². The molecular formula is C29H35N3O4. The van der Waals surface area contributed by atoms with Crippen molar-refractivity contribution in [2.24, 2.45) is 0 Å². The fourth-order valence-electron chi connectivity index (χ4n) is 6.13. The lowest BCUT2D eigenvalue weighted by Gasteiger charge is -2.45. The van der Waals surface area contributed by atoms with Crippen LogP contribution in [-0.2, 0) is 32.7 Å². The minimum Gasteiger partial charge on any atom is -0.496 e. The Hall–Kier alpha value is -3.32. The van der Waals surface area contributed by atoms with Crippen molar-refractivity contribution in [1.29, 1.82) is 0 Å². The summed E-state index contributed by atoms with van der Waals surface area (Å²) < 4.78 is 10.3. The van der Waals surface area contributed by atoms with Crippen molar-refractivity contribution in [2.45, 2.75) is 44.1 Å². The number of aryl methyl sites for hydroxylation is 1. The molecule has 190 valence electrons. The molecule has 7 nitrogen and oxygen atoms in total. The Kier molecular flexibility index (Phi) is 7.01. The Morgan fingerprint density at radius 3 is 2.67 bits per heavy atom. The third kappa shape index (κ3) is 4.48. The summed E-state index contributed by atoms with van der Waals surface area (Å²) in [5, 5.41) is 1.25. The average Bonchev–Trinajstić information content (AvgIpc) is 3.50. The van der Waals surface area contributed by atoms with E-state index in [1.165, 1.54) is 29.3 Å². The van der Waals surface area contributed by atoms with Crippen molar-refractivity contribution >= 4 is 22.8 Å². The Morgan fingerprint density at radius 1 is 1.03 bits per heavy atom. The van der Waals surface area contributed by atoms with Gasteiger partial charge in [0.05, 0.1) is 26.2 Å². The molecular weight excluding hydrogens is 454 g/mol. The topological polar surface area (TPSA) is 74.9 Å². The monoisotopic (exact) mass is 489 g/mol. The number of aromatic amines is 1. The van der Waals surface area contributed by atoms with Gasteiger partial charge in [-0.05, 0) is 55.5 Å². The van der Waals surface area contributed by atoms with Crippen molar-refractivity contribution < 1.29 is 19.1 Å². The van der Waals surface area contributed by atoms with E-state index in [4.69, 9.17) is 9.47 Å². The predicted molar refractivity (Wildman–Crippen MR) is 139 cm³/mol. The lowest BCUT2D eigenvalue weighted by atomic mass is 9.83. The Balaban J connectivity index is 1.37. The molecule has 0 bridgehead atoms. The largest absolute Gasteiger partial charge is 0.496 e. The van der Waals surface area contributed by atoms with Crippen LogP contribution in [0.2, 0.25) is 0 Å². The number of nitrogens with zero attached hydrogens (tertiary/aromatic N) is 2. The summed E-state index contributed by atoms with van der Waals surface area (Å²) in [6, 6.07) is 16.6. The molecule has 1 atom stereocenters. The molecule has 3 aromatic rings. The summed E-state index contributed by atoms with van der Waals surface area (Å²) in [7, 11) is 3.09. The van der Waals surface area contributed by atoms with Crippen molar-refractivity contribution in [1.82, 2.24) is 14.8 Å². The standard InChI is InChI=1S/C29H35N3O4/c1-35-25-12-6-3-8-21(25)9-7-17-31-19-16-29(20-31)28-23(22-10-4-5-11-24(22)30-28)15-18-32(29)26(33)13-14-27(34)36-2/h3-6,8,10-12,30H,7,9,13-20H2,1-2H3. The number of rotatable bonds is 8. The van der Waals surface area contributed by atoms with E-state index < -0.39 is 5.54 Å². The van der Waals surface area contributed by atoms with Gasteiger partial charge in [0.1, 0.15) is 5.75 Å². The van der Waals surface area contributed by atoms with E-state index in [1.54, 1.807) is 7.11 Å². The summed E-state index contributed by atoms with van der Waals surface area (Å²) in [5.41, 5.74) is 4.46. The van der Waals surface area contributed by atoms with Gasteiger partial charge in [-0.3, -0.25) is 9.59 Å².